The molecule has 29 heavy (non-hydrogen) atoms. The second-order valence-corrected chi connectivity index (χ2v) is 6.54. The topological polar surface area (TPSA) is 122 Å². The molecule has 0 aliphatic heterocycles. The van der Waals surface area contributed by atoms with Gasteiger partial charge in [0, 0.05) is 17.6 Å². The second-order valence-electron chi connectivity index (χ2n) is 6.54. The van der Waals surface area contributed by atoms with E-state index in [4.69, 9.17) is 11.5 Å². The fraction of sp³-hybridized carbons (Fsp3) is 0.0476. The van der Waals surface area contributed by atoms with E-state index in [1.165, 1.54) is 12.1 Å². The van der Waals surface area contributed by atoms with E-state index in [-0.39, 0.29) is 12.2 Å². The number of H-pyrrole nitrogens is 1. The summed E-state index contributed by atoms with van der Waals surface area (Å²) in [5, 5.41) is 12.9. The van der Waals surface area contributed by atoms with Crippen molar-refractivity contribution in [2.45, 2.75) is 6.54 Å². The molecule has 0 aliphatic carbocycles. The average molecular weight is 390 g/mol. The molecule has 7 nitrogen and oxygen atoms in total. The summed E-state index contributed by atoms with van der Waals surface area (Å²) in [6, 6.07) is 16.9. The molecule has 0 spiro atoms. The van der Waals surface area contributed by atoms with Crippen LogP contribution in [0.15, 0.2) is 60.7 Å². The number of halogens is 1. The van der Waals surface area contributed by atoms with Crippen LogP contribution in [-0.2, 0) is 6.54 Å². The van der Waals surface area contributed by atoms with Gasteiger partial charge in [-0.3, -0.25) is 5.10 Å². The number of anilines is 3. The number of nitrogens with one attached hydrogen (secondary N) is 3. The molecule has 4 aromatic rings. The zero-order valence-electron chi connectivity index (χ0n) is 15.4. The fourth-order valence-corrected chi connectivity index (χ4v) is 3.05. The minimum absolute atomic E-state index is 0.0780. The molecule has 0 unspecified atom stereocenters. The van der Waals surface area contributed by atoms with Crippen molar-refractivity contribution in [2.75, 3.05) is 16.4 Å². The number of urea groups is 1. The molecule has 0 saturated heterocycles. The number of fused-ring (bicyclic) bond motifs is 1. The molecular formula is C21H19FN6O. The van der Waals surface area contributed by atoms with Gasteiger partial charge >= 0.3 is 6.03 Å². The number of aromatic nitrogens is 2. The zero-order valence-corrected chi connectivity index (χ0v) is 15.4. The van der Waals surface area contributed by atoms with Gasteiger partial charge in [0.25, 0.3) is 0 Å². The molecule has 0 atom stereocenters. The quantitative estimate of drug-likeness (QED) is 0.361. The third-order valence-electron chi connectivity index (χ3n) is 4.58. The van der Waals surface area contributed by atoms with Gasteiger partial charge in [-0.2, -0.15) is 5.10 Å². The highest BCUT2D eigenvalue weighted by Crippen LogP contribution is 2.27. The van der Waals surface area contributed by atoms with Crippen molar-refractivity contribution in [1.29, 1.82) is 0 Å². The highest BCUT2D eigenvalue weighted by molar-refractivity contribution is 6.00. The van der Waals surface area contributed by atoms with Crippen LogP contribution in [0.4, 0.5) is 26.4 Å². The number of carbonyl (C=O) groups excluding carboxylic acids is 1. The van der Waals surface area contributed by atoms with Crippen LogP contribution in [0.5, 0.6) is 0 Å². The zero-order chi connectivity index (χ0) is 20.4. The molecule has 7 N–H and O–H groups in total. The van der Waals surface area contributed by atoms with Crippen molar-refractivity contribution >= 4 is 34.1 Å². The summed E-state index contributed by atoms with van der Waals surface area (Å²) >= 11 is 0. The van der Waals surface area contributed by atoms with Gasteiger partial charge in [-0.05, 0) is 53.1 Å². The summed E-state index contributed by atoms with van der Waals surface area (Å²) in [7, 11) is 0. The van der Waals surface area contributed by atoms with Gasteiger partial charge in [0.05, 0.1) is 11.2 Å². The second kappa shape index (κ2) is 7.61. The van der Waals surface area contributed by atoms with E-state index in [9.17, 15) is 9.18 Å². The SMILES string of the molecule is NCc1ccc(F)c(NC(=O)Nc2ccc(-c3ccc4c(N)n[nH]c4c3)cc2)c1. The number of benzene rings is 3. The van der Waals surface area contributed by atoms with Crippen LogP contribution in [0.3, 0.4) is 0 Å². The first-order chi connectivity index (χ1) is 14.0. The molecule has 4 rings (SSSR count). The molecule has 0 fully saturated rings. The van der Waals surface area contributed by atoms with Crippen LogP contribution in [-0.4, -0.2) is 16.2 Å². The number of aromatic amines is 1. The Balaban J connectivity index is 1.47. The van der Waals surface area contributed by atoms with Crippen LogP contribution in [0.25, 0.3) is 22.0 Å². The van der Waals surface area contributed by atoms with Crippen molar-refractivity contribution in [3.63, 3.8) is 0 Å². The van der Waals surface area contributed by atoms with Gasteiger partial charge in [0.15, 0.2) is 5.82 Å². The van der Waals surface area contributed by atoms with E-state index >= 15 is 0 Å². The number of hydrogen-bond donors (Lipinski definition) is 5. The Morgan fingerprint density at radius 3 is 2.52 bits per heavy atom. The molecule has 1 heterocycles. The van der Waals surface area contributed by atoms with Crippen molar-refractivity contribution < 1.29 is 9.18 Å². The molecule has 2 amide bonds. The van der Waals surface area contributed by atoms with E-state index in [1.54, 1.807) is 18.2 Å². The van der Waals surface area contributed by atoms with Crippen molar-refractivity contribution in [3.8, 4) is 11.1 Å². The average Bonchev–Trinajstić information content (AvgIpc) is 3.10. The molecular weight excluding hydrogens is 371 g/mol. The molecule has 0 saturated carbocycles. The Kier molecular flexibility index (Phi) is 4.84. The molecule has 8 heteroatoms. The highest BCUT2D eigenvalue weighted by atomic mass is 19.1. The first kappa shape index (κ1) is 18.5. The molecule has 3 aromatic carbocycles. The number of amides is 2. The van der Waals surface area contributed by atoms with Crippen molar-refractivity contribution in [1.82, 2.24) is 10.2 Å². The maximum atomic E-state index is 13.9. The van der Waals surface area contributed by atoms with E-state index in [2.05, 4.69) is 20.8 Å². The van der Waals surface area contributed by atoms with Gasteiger partial charge in [-0.15, -0.1) is 0 Å². The lowest BCUT2D eigenvalue weighted by atomic mass is 10.0. The molecule has 146 valence electrons. The fourth-order valence-electron chi connectivity index (χ4n) is 3.05. The standard InChI is InChI=1S/C21H19FN6O/c22-17-8-1-12(11-23)9-19(17)26-21(29)25-15-5-2-13(3-6-15)14-4-7-16-18(10-14)27-28-20(16)24/h1-10H,11,23H2,(H3,24,27,28)(H2,25,26,29). The lowest BCUT2D eigenvalue weighted by molar-refractivity contribution is 0.262. The summed E-state index contributed by atoms with van der Waals surface area (Å²) in [4.78, 5) is 12.2. The minimum Gasteiger partial charge on any atom is -0.382 e. The smallest absolute Gasteiger partial charge is 0.323 e. The largest absolute Gasteiger partial charge is 0.382 e. The number of carbonyl (C=O) groups is 1. The van der Waals surface area contributed by atoms with Crippen molar-refractivity contribution in [2.24, 2.45) is 5.73 Å². The Labute approximate surface area is 165 Å². The molecule has 0 bridgehead atoms. The third kappa shape index (κ3) is 3.87. The van der Waals surface area contributed by atoms with Gasteiger partial charge in [-0.1, -0.05) is 24.3 Å². The first-order valence-corrected chi connectivity index (χ1v) is 8.94. The number of nitrogens with two attached hydrogens (primary N) is 2. The maximum Gasteiger partial charge on any atom is 0.323 e. The Bertz CT molecular complexity index is 1190. The van der Waals surface area contributed by atoms with Gasteiger partial charge < -0.3 is 22.1 Å². The molecule has 1 aromatic heterocycles. The van der Waals surface area contributed by atoms with Crippen LogP contribution < -0.4 is 22.1 Å². The Morgan fingerprint density at radius 2 is 1.76 bits per heavy atom. The Hall–Kier alpha value is -3.91. The third-order valence-corrected chi connectivity index (χ3v) is 4.58. The lowest BCUT2D eigenvalue weighted by Crippen LogP contribution is -2.20. The normalized spacial score (nSPS) is 10.8. The van der Waals surface area contributed by atoms with Gasteiger partial charge in [0.2, 0.25) is 0 Å². The van der Waals surface area contributed by atoms with Crippen LogP contribution in [0.1, 0.15) is 5.56 Å². The van der Waals surface area contributed by atoms with E-state index in [0.29, 0.717) is 11.5 Å². The van der Waals surface area contributed by atoms with Crippen molar-refractivity contribution in [3.05, 3.63) is 72.0 Å². The molecule has 0 aliphatic rings. The summed E-state index contributed by atoms with van der Waals surface area (Å²) in [5.41, 5.74) is 15.5. The lowest BCUT2D eigenvalue weighted by Gasteiger charge is -2.10. The maximum absolute atomic E-state index is 13.9. The van der Waals surface area contributed by atoms with Crippen LogP contribution >= 0.6 is 0 Å². The number of nitrogen functional groups attached to an aromatic ring is 1. The first-order valence-electron chi connectivity index (χ1n) is 8.94. The predicted octanol–water partition coefficient (Wildman–Crippen LogP) is 4.05. The summed E-state index contributed by atoms with van der Waals surface area (Å²) in [5.74, 6) is -0.0620. The number of rotatable bonds is 4. The van der Waals surface area contributed by atoms with E-state index in [1.807, 2.05) is 30.3 Å². The predicted molar refractivity (Wildman–Crippen MR) is 113 cm³/mol. The summed E-state index contributed by atoms with van der Waals surface area (Å²) < 4.78 is 13.9. The minimum atomic E-state index is -0.542. The monoisotopic (exact) mass is 390 g/mol. The van der Waals surface area contributed by atoms with Crippen LogP contribution in [0, 0.1) is 5.82 Å². The number of nitrogens with zero attached hydrogens (tertiary/aromatic N) is 1. The van der Waals surface area contributed by atoms with E-state index in [0.717, 1.165) is 27.6 Å². The summed E-state index contributed by atoms with van der Waals surface area (Å²) in [6.07, 6.45) is 0. The van der Waals surface area contributed by atoms with Gasteiger partial charge in [0.1, 0.15) is 5.82 Å². The van der Waals surface area contributed by atoms with E-state index < -0.39 is 11.8 Å². The number of hydrogen-bond acceptors (Lipinski definition) is 4. The van der Waals surface area contributed by atoms with Gasteiger partial charge in [-0.25, -0.2) is 9.18 Å². The Morgan fingerprint density at radius 1 is 1.00 bits per heavy atom. The highest BCUT2D eigenvalue weighted by Gasteiger charge is 2.09. The van der Waals surface area contributed by atoms with Crippen LogP contribution in [0.2, 0.25) is 0 Å². The molecule has 0 radical (unpaired) electrons. The summed E-state index contributed by atoms with van der Waals surface area (Å²) in [6.45, 7) is 0.259.